The van der Waals surface area contributed by atoms with E-state index in [0.717, 1.165) is 0 Å². The molecule has 0 saturated carbocycles. The van der Waals surface area contributed by atoms with Crippen LogP contribution >= 0.6 is 0 Å². The monoisotopic (exact) mass is 266 g/mol. The van der Waals surface area contributed by atoms with Gasteiger partial charge >= 0.3 is 0 Å². The quantitative estimate of drug-likeness (QED) is 0.495. The van der Waals surface area contributed by atoms with Crippen molar-refractivity contribution in [1.29, 1.82) is 0 Å². The summed E-state index contributed by atoms with van der Waals surface area (Å²) in [5.41, 5.74) is 10.8. The molecule has 8 heteroatoms. The molecular weight excluding hydrogens is 252 g/mol. The fraction of sp³-hybridized carbons (Fsp3) is 0.273. The van der Waals surface area contributed by atoms with Crippen molar-refractivity contribution < 1.29 is 14.5 Å². The third kappa shape index (κ3) is 4.72. The molecular formula is C11H14N4O4. The summed E-state index contributed by atoms with van der Waals surface area (Å²) in [6.07, 6.45) is 0.170. The Morgan fingerprint density at radius 1 is 1.32 bits per heavy atom. The van der Waals surface area contributed by atoms with Gasteiger partial charge in [0.25, 0.3) is 5.69 Å². The van der Waals surface area contributed by atoms with Crippen molar-refractivity contribution in [1.82, 2.24) is 0 Å². The maximum Gasteiger partial charge on any atom is 0.269 e. The number of carbonyl (C=O) groups is 2. The average Bonchev–Trinajstić information content (AvgIpc) is 2.36. The van der Waals surface area contributed by atoms with E-state index in [4.69, 9.17) is 11.5 Å². The normalized spacial score (nSPS) is 11.6. The lowest BCUT2D eigenvalue weighted by Crippen LogP contribution is -2.36. The summed E-state index contributed by atoms with van der Waals surface area (Å²) < 4.78 is 0. The topological polar surface area (TPSA) is 141 Å². The Balaban J connectivity index is 2.56. The Kier molecular flexibility index (Phi) is 4.95. The van der Waals surface area contributed by atoms with E-state index >= 15 is 0 Å². The second kappa shape index (κ2) is 6.45. The standard InChI is InChI=1S/C11H14N4O4/c12-9(5-6-10(13)16)11(17)14-7-1-3-8(4-2-7)15(18)19/h1-4,9H,5-6,12H2,(H2,13,16)(H,14,17). The molecule has 1 rings (SSSR count). The zero-order valence-electron chi connectivity index (χ0n) is 10.0. The number of hydrogen-bond acceptors (Lipinski definition) is 5. The van der Waals surface area contributed by atoms with Gasteiger partial charge in [0.15, 0.2) is 0 Å². The summed E-state index contributed by atoms with van der Waals surface area (Å²) in [7, 11) is 0. The first-order chi connectivity index (χ1) is 8.90. The lowest BCUT2D eigenvalue weighted by Gasteiger charge is -2.11. The van der Waals surface area contributed by atoms with E-state index in [9.17, 15) is 19.7 Å². The molecule has 2 amide bonds. The van der Waals surface area contributed by atoms with Gasteiger partial charge in [0.05, 0.1) is 11.0 Å². The van der Waals surface area contributed by atoms with E-state index in [-0.39, 0.29) is 18.5 Å². The van der Waals surface area contributed by atoms with Gasteiger partial charge in [0, 0.05) is 24.2 Å². The first-order valence-corrected chi connectivity index (χ1v) is 5.49. The van der Waals surface area contributed by atoms with Gasteiger partial charge < -0.3 is 16.8 Å². The van der Waals surface area contributed by atoms with Crippen LogP contribution in [0.15, 0.2) is 24.3 Å². The first kappa shape index (κ1) is 14.6. The highest BCUT2D eigenvalue weighted by molar-refractivity contribution is 5.95. The molecule has 0 aliphatic heterocycles. The van der Waals surface area contributed by atoms with Crippen LogP contribution in [-0.2, 0) is 9.59 Å². The molecule has 8 nitrogen and oxygen atoms in total. The van der Waals surface area contributed by atoms with Gasteiger partial charge in [-0.2, -0.15) is 0 Å². The molecule has 0 fully saturated rings. The van der Waals surface area contributed by atoms with Gasteiger partial charge in [0.1, 0.15) is 0 Å². The van der Waals surface area contributed by atoms with Crippen LogP contribution in [0.4, 0.5) is 11.4 Å². The number of carbonyl (C=O) groups excluding carboxylic acids is 2. The number of anilines is 1. The predicted octanol–water partition coefficient (Wildman–Crippen LogP) is 0.126. The van der Waals surface area contributed by atoms with Crippen molar-refractivity contribution >= 4 is 23.2 Å². The molecule has 0 aliphatic rings. The van der Waals surface area contributed by atoms with Gasteiger partial charge in [-0.1, -0.05) is 0 Å². The van der Waals surface area contributed by atoms with E-state index in [0.29, 0.717) is 5.69 Å². The van der Waals surface area contributed by atoms with Crippen molar-refractivity contribution in [3.63, 3.8) is 0 Å². The Hall–Kier alpha value is -2.48. The smallest absolute Gasteiger partial charge is 0.269 e. The van der Waals surface area contributed by atoms with Crippen LogP contribution in [0.3, 0.4) is 0 Å². The number of rotatable bonds is 6. The molecule has 0 bridgehead atoms. The molecule has 0 radical (unpaired) electrons. The number of amides is 2. The second-order valence-electron chi connectivity index (χ2n) is 3.90. The van der Waals surface area contributed by atoms with Gasteiger partial charge in [-0.25, -0.2) is 0 Å². The first-order valence-electron chi connectivity index (χ1n) is 5.49. The average molecular weight is 266 g/mol. The summed E-state index contributed by atoms with van der Waals surface area (Å²) in [6, 6.07) is 4.48. The molecule has 0 spiro atoms. The number of nitro groups is 1. The summed E-state index contributed by atoms with van der Waals surface area (Å²) >= 11 is 0. The lowest BCUT2D eigenvalue weighted by atomic mass is 10.1. The van der Waals surface area contributed by atoms with E-state index in [1.165, 1.54) is 24.3 Å². The molecule has 1 aromatic rings. The van der Waals surface area contributed by atoms with Crippen molar-refractivity contribution in [2.45, 2.75) is 18.9 Å². The van der Waals surface area contributed by atoms with Crippen molar-refractivity contribution in [3.05, 3.63) is 34.4 Å². The lowest BCUT2D eigenvalue weighted by molar-refractivity contribution is -0.384. The van der Waals surface area contributed by atoms with Crippen LogP contribution in [0, 0.1) is 10.1 Å². The maximum atomic E-state index is 11.6. The summed E-state index contributed by atoms with van der Waals surface area (Å²) in [5, 5.41) is 12.9. The summed E-state index contributed by atoms with van der Waals surface area (Å²) in [4.78, 5) is 32.1. The van der Waals surface area contributed by atoms with Crippen molar-refractivity contribution in [2.75, 3.05) is 5.32 Å². The van der Waals surface area contributed by atoms with Gasteiger partial charge in [-0.3, -0.25) is 19.7 Å². The SMILES string of the molecule is NC(=O)CCC(N)C(=O)Nc1ccc([N+](=O)[O-])cc1. The molecule has 0 saturated heterocycles. The van der Waals surface area contributed by atoms with E-state index in [2.05, 4.69) is 5.32 Å². The highest BCUT2D eigenvalue weighted by Gasteiger charge is 2.14. The van der Waals surface area contributed by atoms with E-state index < -0.39 is 22.8 Å². The highest BCUT2D eigenvalue weighted by Crippen LogP contribution is 2.15. The van der Waals surface area contributed by atoms with Crippen LogP contribution in [0.2, 0.25) is 0 Å². The fourth-order valence-electron chi connectivity index (χ4n) is 1.33. The Labute approximate surface area is 108 Å². The van der Waals surface area contributed by atoms with Crippen molar-refractivity contribution in [2.24, 2.45) is 11.5 Å². The number of nitrogens with one attached hydrogen (secondary N) is 1. The van der Waals surface area contributed by atoms with Crippen molar-refractivity contribution in [3.8, 4) is 0 Å². The second-order valence-corrected chi connectivity index (χ2v) is 3.90. The van der Waals surface area contributed by atoms with Crippen LogP contribution in [-0.4, -0.2) is 22.8 Å². The van der Waals surface area contributed by atoms with Crippen LogP contribution in [0.5, 0.6) is 0 Å². The number of hydrogen-bond donors (Lipinski definition) is 3. The number of non-ortho nitro benzene ring substituents is 1. The molecule has 1 unspecified atom stereocenters. The molecule has 0 aromatic heterocycles. The molecule has 1 aromatic carbocycles. The minimum atomic E-state index is -0.859. The summed E-state index contributed by atoms with van der Waals surface area (Å²) in [6.45, 7) is 0. The molecule has 0 aliphatic carbocycles. The highest BCUT2D eigenvalue weighted by atomic mass is 16.6. The number of primary amides is 1. The molecule has 102 valence electrons. The van der Waals surface area contributed by atoms with Crippen LogP contribution in [0.1, 0.15) is 12.8 Å². The number of benzene rings is 1. The zero-order valence-corrected chi connectivity index (χ0v) is 10.0. The largest absolute Gasteiger partial charge is 0.370 e. The van der Waals surface area contributed by atoms with Crippen LogP contribution < -0.4 is 16.8 Å². The minimum absolute atomic E-state index is 0.0227. The Bertz CT molecular complexity index is 486. The zero-order chi connectivity index (χ0) is 14.4. The third-order valence-corrected chi connectivity index (χ3v) is 2.38. The van der Waals surface area contributed by atoms with Gasteiger partial charge in [-0.15, -0.1) is 0 Å². The predicted molar refractivity (Wildman–Crippen MR) is 68.1 cm³/mol. The Morgan fingerprint density at radius 2 is 1.89 bits per heavy atom. The number of nitrogens with two attached hydrogens (primary N) is 2. The van der Waals surface area contributed by atoms with Gasteiger partial charge in [0.2, 0.25) is 11.8 Å². The molecule has 19 heavy (non-hydrogen) atoms. The number of nitro benzene ring substituents is 1. The summed E-state index contributed by atoms with van der Waals surface area (Å²) in [5.74, 6) is -1.01. The third-order valence-electron chi connectivity index (χ3n) is 2.38. The molecule has 0 heterocycles. The van der Waals surface area contributed by atoms with Gasteiger partial charge in [-0.05, 0) is 18.6 Å². The molecule has 1 atom stereocenters. The maximum absolute atomic E-state index is 11.6. The minimum Gasteiger partial charge on any atom is -0.370 e. The van der Waals surface area contributed by atoms with E-state index in [1.807, 2.05) is 0 Å². The molecule has 5 N–H and O–H groups in total. The van der Waals surface area contributed by atoms with Crippen LogP contribution in [0.25, 0.3) is 0 Å². The number of nitrogens with zero attached hydrogens (tertiary/aromatic N) is 1. The fourth-order valence-corrected chi connectivity index (χ4v) is 1.33. The van der Waals surface area contributed by atoms with E-state index in [1.54, 1.807) is 0 Å². The Morgan fingerprint density at radius 3 is 2.37 bits per heavy atom.